The largest absolute Gasteiger partial charge is 0.491 e. The van der Waals surface area contributed by atoms with Gasteiger partial charge in [-0.15, -0.1) is 12.4 Å². The van der Waals surface area contributed by atoms with Crippen molar-refractivity contribution in [3.05, 3.63) is 24.3 Å². The van der Waals surface area contributed by atoms with Crippen molar-refractivity contribution in [3.8, 4) is 5.75 Å². The van der Waals surface area contributed by atoms with E-state index < -0.39 is 0 Å². The highest BCUT2D eigenvalue weighted by atomic mass is 35.5. The van der Waals surface area contributed by atoms with E-state index in [-0.39, 0.29) is 30.3 Å². The second-order valence-corrected chi connectivity index (χ2v) is 4.49. The molecule has 4 nitrogen and oxygen atoms in total. The van der Waals surface area contributed by atoms with Crippen LogP contribution in [0.25, 0.3) is 0 Å². The summed E-state index contributed by atoms with van der Waals surface area (Å²) in [4.78, 5) is 11.6. The Balaban J connectivity index is 0.00000324. The summed E-state index contributed by atoms with van der Waals surface area (Å²) in [6, 6.07) is 7.38. The van der Waals surface area contributed by atoms with Gasteiger partial charge in [0.2, 0.25) is 5.91 Å². The third kappa shape index (κ3) is 5.94. The molecule has 5 heteroatoms. The maximum Gasteiger partial charge on any atom is 0.228 e. The van der Waals surface area contributed by atoms with E-state index in [1.807, 2.05) is 31.2 Å². The van der Waals surface area contributed by atoms with E-state index in [2.05, 4.69) is 12.2 Å². The monoisotopic (exact) mass is 286 g/mol. The van der Waals surface area contributed by atoms with Gasteiger partial charge in [-0.1, -0.05) is 13.8 Å². The number of hydrogen-bond acceptors (Lipinski definition) is 3. The molecule has 1 aromatic carbocycles. The first-order chi connectivity index (χ1) is 8.56. The Bertz CT molecular complexity index is 382. The summed E-state index contributed by atoms with van der Waals surface area (Å²) in [5, 5.41) is 2.81. The Hall–Kier alpha value is -1.26. The van der Waals surface area contributed by atoms with E-state index >= 15 is 0 Å². The van der Waals surface area contributed by atoms with Crippen LogP contribution in [0.2, 0.25) is 0 Å². The van der Waals surface area contributed by atoms with E-state index in [9.17, 15) is 4.79 Å². The van der Waals surface area contributed by atoms with Gasteiger partial charge in [-0.3, -0.25) is 4.79 Å². The first kappa shape index (κ1) is 17.7. The predicted octanol–water partition coefficient (Wildman–Crippen LogP) is 2.82. The van der Waals surface area contributed by atoms with Gasteiger partial charge in [0.15, 0.2) is 0 Å². The number of rotatable bonds is 6. The standard InChI is InChI=1S/C14H22N2O2.ClH/c1-4-11(3)18-13-7-5-12(6-8-13)16-14(17)10(2)9-15;/h5-8,10-11H,4,9,15H2,1-3H3,(H,16,17);1H. The van der Waals surface area contributed by atoms with E-state index in [1.54, 1.807) is 6.92 Å². The minimum atomic E-state index is -0.180. The molecule has 0 fully saturated rings. The molecule has 2 atom stereocenters. The summed E-state index contributed by atoms with van der Waals surface area (Å²) in [7, 11) is 0. The molecule has 3 N–H and O–H groups in total. The molecule has 1 aromatic rings. The first-order valence-electron chi connectivity index (χ1n) is 6.34. The Morgan fingerprint density at radius 1 is 1.32 bits per heavy atom. The number of nitrogens with two attached hydrogens (primary N) is 1. The fourth-order valence-electron chi connectivity index (χ4n) is 1.30. The van der Waals surface area contributed by atoms with Gasteiger partial charge in [0.05, 0.1) is 6.10 Å². The number of nitrogens with one attached hydrogen (secondary N) is 1. The lowest BCUT2D eigenvalue weighted by molar-refractivity contribution is -0.119. The SMILES string of the molecule is CCC(C)Oc1ccc(NC(=O)C(C)CN)cc1.Cl. The number of ether oxygens (including phenoxy) is 1. The number of amides is 1. The van der Waals surface area contributed by atoms with Crippen LogP contribution in [-0.4, -0.2) is 18.6 Å². The molecular weight excluding hydrogens is 264 g/mol. The topological polar surface area (TPSA) is 64.3 Å². The van der Waals surface area contributed by atoms with Crippen LogP contribution in [0.5, 0.6) is 5.75 Å². The van der Waals surface area contributed by atoms with Crippen LogP contribution in [0.4, 0.5) is 5.69 Å². The summed E-state index contributed by atoms with van der Waals surface area (Å²) < 4.78 is 5.66. The Morgan fingerprint density at radius 3 is 2.37 bits per heavy atom. The Kier molecular flexibility index (Phi) is 8.19. The van der Waals surface area contributed by atoms with Gasteiger partial charge < -0.3 is 15.8 Å². The van der Waals surface area contributed by atoms with Gasteiger partial charge in [-0.2, -0.15) is 0 Å². The van der Waals surface area contributed by atoms with Crippen molar-refractivity contribution in [3.63, 3.8) is 0 Å². The third-order valence-electron chi connectivity index (χ3n) is 2.84. The maximum atomic E-state index is 11.6. The summed E-state index contributed by atoms with van der Waals surface area (Å²) in [5.74, 6) is 0.573. The number of anilines is 1. The molecule has 0 aromatic heterocycles. The smallest absolute Gasteiger partial charge is 0.228 e. The predicted molar refractivity (Wildman–Crippen MR) is 80.9 cm³/mol. The molecule has 0 aliphatic carbocycles. The molecule has 1 rings (SSSR count). The van der Waals surface area contributed by atoms with Crippen molar-refractivity contribution in [1.29, 1.82) is 0 Å². The van der Waals surface area contributed by atoms with Crippen molar-refractivity contribution in [1.82, 2.24) is 0 Å². The molecule has 0 aliphatic rings. The average Bonchev–Trinajstić information content (AvgIpc) is 2.39. The number of halogens is 1. The van der Waals surface area contributed by atoms with Gasteiger partial charge in [-0.05, 0) is 37.6 Å². The van der Waals surface area contributed by atoms with Crippen LogP contribution in [0.15, 0.2) is 24.3 Å². The zero-order valence-electron chi connectivity index (χ0n) is 11.7. The van der Waals surface area contributed by atoms with Crippen molar-refractivity contribution < 1.29 is 9.53 Å². The van der Waals surface area contributed by atoms with Crippen LogP contribution in [0.3, 0.4) is 0 Å². The zero-order valence-corrected chi connectivity index (χ0v) is 12.5. The first-order valence-corrected chi connectivity index (χ1v) is 6.34. The average molecular weight is 287 g/mol. The molecular formula is C14H23ClN2O2. The van der Waals surface area contributed by atoms with Gasteiger partial charge in [0.25, 0.3) is 0 Å². The lowest BCUT2D eigenvalue weighted by atomic mass is 10.1. The minimum Gasteiger partial charge on any atom is -0.491 e. The molecule has 108 valence electrons. The van der Waals surface area contributed by atoms with Gasteiger partial charge in [0, 0.05) is 18.2 Å². The molecule has 0 saturated heterocycles. The fourth-order valence-corrected chi connectivity index (χ4v) is 1.30. The molecule has 19 heavy (non-hydrogen) atoms. The maximum absolute atomic E-state index is 11.6. The molecule has 2 unspecified atom stereocenters. The van der Waals surface area contributed by atoms with Crippen molar-refractivity contribution in [2.75, 3.05) is 11.9 Å². The van der Waals surface area contributed by atoms with Gasteiger partial charge in [0.1, 0.15) is 5.75 Å². The summed E-state index contributed by atoms with van der Waals surface area (Å²) in [6.07, 6.45) is 1.16. The van der Waals surface area contributed by atoms with Crippen molar-refractivity contribution in [2.45, 2.75) is 33.3 Å². The molecule has 0 aliphatic heterocycles. The van der Waals surface area contributed by atoms with E-state index in [0.717, 1.165) is 17.9 Å². The van der Waals surface area contributed by atoms with Crippen molar-refractivity contribution >= 4 is 24.0 Å². The number of hydrogen-bond donors (Lipinski definition) is 2. The second kappa shape index (κ2) is 8.77. The molecule has 0 heterocycles. The van der Waals surface area contributed by atoms with Gasteiger partial charge >= 0.3 is 0 Å². The number of carbonyl (C=O) groups is 1. The van der Waals surface area contributed by atoms with Gasteiger partial charge in [-0.25, -0.2) is 0 Å². The summed E-state index contributed by atoms with van der Waals surface area (Å²) in [5.41, 5.74) is 6.20. The Labute approximate surface area is 121 Å². The quantitative estimate of drug-likeness (QED) is 0.845. The summed E-state index contributed by atoms with van der Waals surface area (Å²) >= 11 is 0. The van der Waals surface area contributed by atoms with Crippen LogP contribution in [0, 0.1) is 5.92 Å². The number of carbonyl (C=O) groups excluding carboxylic acids is 1. The van der Waals surface area contributed by atoms with Crippen LogP contribution in [-0.2, 0) is 4.79 Å². The molecule has 0 saturated carbocycles. The van der Waals surface area contributed by atoms with Crippen LogP contribution < -0.4 is 15.8 Å². The van der Waals surface area contributed by atoms with Crippen LogP contribution >= 0.6 is 12.4 Å². The number of benzene rings is 1. The molecule has 1 amide bonds. The highest BCUT2D eigenvalue weighted by Crippen LogP contribution is 2.18. The second-order valence-electron chi connectivity index (χ2n) is 4.49. The molecule has 0 radical (unpaired) electrons. The van der Waals surface area contributed by atoms with E-state index in [1.165, 1.54) is 0 Å². The Morgan fingerprint density at radius 2 is 1.89 bits per heavy atom. The molecule has 0 spiro atoms. The van der Waals surface area contributed by atoms with E-state index in [0.29, 0.717) is 6.54 Å². The van der Waals surface area contributed by atoms with Crippen LogP contribution in [0.1, 0.15) is 27.2 Å². The lowest BCUT2D eigenvalue weighted by Gasteiger charge is -2.13. The summed E-state index contributed by atoms with van der Waals surface area (Å²) in [6.45, 7) is 6.25. The minimum absolute atomic E-state index is 0. The van der Waals surface area contributed by atoms with Crippen molar-refractivity contribution in [2.24, 2.45) is 11.7 Å². The normalized spacial score (nSPS) is 13.1. The molecule has 0 bridgehead atoms. The zero-order chi connectivity index (χ0) is 13.5. The fraction of sp³-hybridized carbons (Fsp3) is 0.500. The van der Waals surface area contributed by atoms with E-state index in [4.69, 9.17) is 10.5 Å². The third-order valence-corrected chi connectivity index (χ3v) is 2.84. The lowest BCUT2D eigenvalue weighted by Crippen LogP contribution is -2.26. The highest BCUT2D eigenvalue weighted by Gasteiger charge is 2.10. The highest BCUT2D eigenvalue weighted by molar-refractivity contribution is 5.92.